The van der Waals surface area contributed by atoms with Crippen molar-refractivity contribution in [1.29, 1.82) is 0 Å². The van der Waals surface area contributed by atoms with Crippen LogP contribution in [0.4, 0.5) is 10.2 Å². The average Bonchev–Trinajstić information content (AvgIpc) is 2.84. The first-order valence-corrected chi connectivity index (χ1v) is 6.25. The van der Waals surface area contributed by atoms with Crippen LogP contribution >= 0.6 is 0 Å². The monoisotopic (exact) mass is 245 g/mol. The van der Waals surface area contributed by atoms with Gasteiger partial charge >= 0.3 is 0 Å². The fourth-order valence-corrected chi connectivity index (χ4v) is 2.35. The van der Waals surface area contributed by atoms with Crippen molar-refractivity contribution in [2.75, 3.05) is 11.9 Å². The summed E-state index contributed by atoms with van der Waals surface area (Å²) in [6.07, 6.45) is 0.749. The molecular formula is C14H16FN3. The van der Waals surface area contributed by atoms with E-state index in [0.29, 0.717) is 5.92 Å². The summed E-state index contributed by atoms with van der Waals surface area (Å²) in [5, 5.41) is 10.7. The lowest BCUT2D eigenvalue weighted by molar-refractivity contribution is 0.626. The van der Waals surface area contributed by atoms with Gasteiger partial charge in [0.05, 0.1) is 5.69 Å². The molecule has 94 valence electrons. The Balaban J connectivity index is 1.92. The van der Waals surface area contributed by atoms with Crippen LogP contribution in [-0.2, 0) is 6.42 Å². The van der Waals surface area contributed by atoms with Gasteiger partial charge in [0.1, 0.15) is 5.82 Å². The third-order valence-corrected chi connectivity index (χ3v) is 3.25. The predicted octanol–water partition coefficient (Wildman–Crippen LogP) is 3.19. The second-order valence-corrected chi connectivity index (χ2v) is 5.18. The van der Waals surface area contributed by atoms with Gasteiger partial charge < -0.3 is 5.32 Å². The van der Waals surface area contributed by atoms with Crippen molar-refractivity contribution >= 4 is 5.82 Å². The van der Waals surface area contributed by atoms with Crippen LogP contribution in [-0.4, -0.2) is 16.7 Å². The number of H-pyrrole nitrogens is 1. The van der Waals surface area contributed by atoms with E-state index >= 15 is 0 Å². The molecule has 3 nitrogen and oxygen atoms in total. The summed E-state index contributed by atoms with van der Waals surface area (Å²) in [6, 6.07) is 4.92. The number of rotatable bonds is 3. The van der Waals surface area contributed by atoms with E-state index in [0.717, 1.165) is 41.2 Å². The maximum atomic E-state index is 13.2. The van der Waals surface area contributed by atoms with Gasteiger partial charge in [-0.1, -0.05) is 13.8 Å². The molecule has 3 rings (SSSR count). The normalized spacial score (nSPS) is 12.7. The Morgan fingerprint density at radius 1 is 1.44 bits per heavy atom. The number of benzene rings is 1. The number of hydrogen-bond donors (Lipinski definition) is 2. The van der Waals surface area contributed by atoms with Crippen molar-refractivity contribution in [3.8, 4) is 11.3 Å². The minimum Gasteiger partial charge on any atom is -0.368 e. The molecule has 18 heavy (non-hydrogen) atoms. The molecule has 1 aromatic carbocycles. The fourth-order valence-electron chi connectivity index (χ4n) is 2.35. The van der Waals surface area contributed by atoms with Crippen LogP contribution in [0.2, 0.25) is 0 Å². The van der Waals surface area contributed by atoms with Gasteiger partial charge in [0, 0.05) is 24.1 Å². The Morgan fingerprint density at radius 3 is 3.06 bits per heavy atom. The highest BCUT2D eigenvalue weighted by molar-refractivity contribution is 5.78. The maximum Gasteiger partial charge on any atom is 0.151 e. The van der Waals surface area contributed by atoms with Crippen LogP contribution in [0.1, 0.15) is 25.0 Å². The van der Waals surface area contributed by atoms with Crippen LogP contribution in [0.5, 0.6) is 0 Å². The zero-order chi connectivity index (χ0) is 12.7. The SMILES string of the molecule is CC(C)CNc1n[nH]c2c1Cc1cc(F)ccc1-2. The minimum atomic E-state index is -0.177. The van der Waals surface area contributed by atoms with Crippen molar-refractivity contribution in [3.63, 3.8) is 0 Å². The second kappa shape index (κ2) is 4.12. The molecule has 2 aromatic rings. The first-order valence-electron chi connectivity index (χ1n) is 6.25. The first kappa shape index (κ1) is 11.3. The molecule has 1 heterocycles. The molecule has 0 atom stereocenters. The topological polar surface area (TPSA) is 40.7 Å². The fraction of sp³-hybridized carbons (Fsp3) is 0.357. The van der Waals surface area contributed by atoms with E-state index in [-0.39, 0.29) is 5.82 Å². The summed E-state index contributed by atoms with van der Waals surface area (Å²) in [7, 11) is 0. The number of nitrogens with one attached hydrogen (secondary N) is 2. The van der Waals surface area contributed by atoms with Crippen molar-refractivity contribution in [3.05, 3.63) is 35.1 Å². The molecule has 0 fully saturated rings. The standard InChI is InChI=1S/C14H16FN3/c1-8(2)7-16-14-12-6-9-5-10(15)3-4-11(9)13(12)17-18-14/h3-5,8H,6-7H2,1-2H3,(H2,16,17,18). The van der Waals surface area contributed by atoms with E-state index in [2.05, 4.69) is 29.4 Å². The molecule has 0 radical (unpaired) electrons. The van der Waals surface area contributed by atoms with E-state index in [1.807, 2.05) is 6.07 Å². The summed E-state index contributed by atoms with van der Waals surface area (Å²) >= 11 is 0. The average molecular weight is 245 g/mol. The van der Waals surface area contributed by atoms with E-state index in [4.69, 9.17) is 0 Å². The Morgan fingerprint density at radius 2 is 2.28 bits per heavy atom. The lowest BCUT2D eigenvalue weighted by atomic mass is 10.1. The molecule has 0 unspecified atom stereocenters. The quantitative estimate of drug-likeness (QED) is 0.744. The lowest BCUT2D eigenvalue weighted by Crippen LogP contribution is -2.09. The van der Waals surface area contributed by atoms with Gasteiger partial charge in [-0.05, 0) is 29.7 Å². The van der Waals surface area contributed by atoms with Crippen molar-refractivity contribution in [2.45, 2.75) is 20.3 Å². The number of halogens is 1. The number of aromatic amines is 1. The van der Waals surface area contributed by atoms with Gasteiger partial charge in [0.25, 0.3) is 0 Å². The predicted molar refractivity (Wildman–Crippen MR) is 70.1 cm³/mol. The van der Waals surface area contributed by atoms with Gasteiger partial charge in [-0.2, -0.15) is 5.10 Å². The van der Waals surface area contributed by atoms with E-state index < -0.39 is 0 Å². The summed E-state index contributed by atoms with van der Waals surface area (Å²) in [5.74, 6) is 1.29. The highest BCUT2D eigenvalue weighted by atomic mass is 19.1. The van der Waals surface area contributed by atoms with Gasteiger partial charge in [0.2, 0.25) is 0 Å². The Hall–Kier alpha value is -1.84. The molecule has 0 aliphatic heterocycles. The van der Waals surface area contributed by atoms with Gasteiger partial charge in [-0.15, -0.1) is 0 Å². The minimum absolute atomic E-state index is 0.177. The van der Waals surface area contributed by atoms with E-state index in [9.17, 15) is 4.39 Å². The Kier molecular flexibility index (Phi) is 2.58. The van der Waals surface area contributed by atoms with Crippen LogP contribution in [0.15, 0.2) is 18.2 Å². The summed E-state index contributed by atoms with van der Waals surface area (Å²) in [6.45, 7) is 5.20. The molecule has 0 spiro atoms. The first-order chi connectivity index (χ1) is 8.65. The number of anilines is 1. The highest BCUT2D eigenvalue weighted by Gasteiger charge is 2.24. The third kappa shape index (κ3) is 1.78. The zero-order valence-electron chi connectivity index (χ0n) is 10.5. The summed E-state index contributed by atoms with van der Waals surface area (Å²) in [4.78, 5) is 0. The molecule has 2 N–H and O–H groups in total. The van der Waals surface area contributed by atoms with Crippen molar-refractivity contribution in [1.82, 2.24) is 10.2 Å². The maximum absolute atomic E-state index is 13.2. The molecule has 1 aliphatic rings. The molecule has 0 saturated carbocycles. The Labute approximate surface area is 105 Å². The molecule has 1 aromatic heterocycles. The van der Waals surface area contributed by atoms with Gasteiger partial charge in [-0.25, -0.2) is 4.39 Å². The zero-order valence-corrected chi connectivity index (χ0v) is 10.5. The summed E-state index contributed by atoms with van der Waals surface area (Å²) in [5.41, 5.74) is 4.27. The molecule has 1 aliphatic carbocycles. The lowest BCUT2D eigenvalue weighted by Gasteiger charge is -2.07. The van der Waals surface area contributed by atoms with Crippen LogP contribution in [0.25, 0.3) is 11.3 Å². The van der Waals surface area contributed by atoms with Gasteiger partial charge in [0.15, 0.2) is 5.82 Å². The largest absolute Gasteiger partial charge is 0.368 e. The van der Waals surface area contributed by atoms with E-state index in [1.165, 1.54) is 6.07 Å². The highest BCUT2D eigenvalue weighted by Crippen LogP contribution is 2.38. The second-order valence-electron chi connectivity index (χ2n) is 5.18. The van der Waals surface area contributed by atoms with Crippen LogP contribution in [0, 0.1) is 11.7 Å². The number of hydrogen-bond acceptors (Lipinski definition) is 2. The van der Waals surface area contributed by atoms with Gasteiger partial charge in [-0.3, -0.25) is 5.10 Å². The van der Waals surface area contributed by atoms with Crippen molar-refractivity contribution < 1.29 is 4.39 Å². The van der Waals surface area contributed by atoms with Crippen LogP contribution in [0.3, 0.4) is 0 Å². The molecule has 0 bridgehead atoms. The smallest absolute Gasteiger partial charge is 0.151 e. The number of fused-ring (bicyclic) bond motifs is 3. The molecule has 0 amide bonds. The van der Waals surface area contributed by atoms with E-state index in [1.54, 1.807) is 6.07 Å². The molecular weight excluding hydrogens is 229 g/mol. The summed E-state index contributed by atoms with van der Waals surface area (Å²) < 4.78 is 13.2. The Bertz CT molecular complexity index is 587. The molecule has 4 heteroatoms. The van der Waals surface area contributed by atoms with Crippen LogP contribution < -0.4 is 5.32 Å². The number of aromatic nitrogens is 2. The number of nitrogens with zero attached hydrogens (tertiary/aromatic N) is 1. The van der Waals surface area contributed by atoms with Crippen molar-refractivity contribution in [2.24, 2.45) is 5.92 Å². The third-order valence-electron chi connectivity index (χ3n) is 3.25. The molecule has 0 saturated heterocycles.